The summed E-state index contributed by atoms with van der Waals surface area (Å²) in [6.45, 7) is 5.68. The first-order valence-electron chi connectivity index (χ1n) is 6.99. The molecule has 1 heterocycles. The van der Waals surface area contributed by atoms with Crippen molar-refractivity contribution in [3.05, 3.63) is 28.2 Å². The summed E-state index contributed by atoms with van der Waals surface area (Å²) in [5.74, 6) is 0.694. The van der Waals surface area contributed by atoms with Gasteiger partial charge in [-0.15, -0.1) is 0 Å². The van der Waals surface area contributed by atoms with E-state index in [4.69, 9.17) is 0 Å². The molecule has 0 aliphatic heterocycles. The Kier molecular flexibility index (Phi) is 4.53. The highest BCUT2D eigenvalue weighted by atomic mass is 16.1. The Morgan fingerprint density at radius 1 is 1.44 bits per heavy atom. The predicted molar refractivity (Wildman–Crippen MR) is 72.7 cm³/mol. The molecule has 0 aromatic carbocycles. The van der Waals surface area contributed by atoms with Crippen molar-refractivity contribution in [2.24, 2.45) is 5.92 Å². The van der Waals surface area contributed by atoms with Gasteiger partial charge in [-0.05, 0) is 38.3 Å². The summed E-state index contributed by atoms with van der Waals surface area (Å²) in [7, 11) is 0. The first-order chi connectivity index (χ1) is 8.70. The fourth-order valence-electron chi connectivity index (χ4n) is 2.87. The number of aryl methyl sites for hydroxylation is 1. The van der Waals surface area contributed by atoms with E-state index in [1.54, 1.807) is 16.8 Å². The van der Waals surface area contributed by atoms with Crippen molar-refractivity contribution in [1.82, 2.24) is 15.1 Å². The van der Waals surface area contributed by atoms with Gasteiger partial charge in [0.25, 0.3) is 5.56 Å². The lowest BCUT2D eigenvalue weighted by Crippen LogP contribution is -2.41. The van der Waals surface area contributed by atoms with Gasteiger partial charge < -0.3 is 5.32 Å². The first-order valence-corrected chi connectivity index (χ1v) is 6.99. The van der Waals surface area contributed by atoms with Crippen molar-refractivity contribution in [2.45, 2.75) is 52.1 Å². The zero-order chi connectivity index (χ0) is 13.0. The van der Waals surface area contributed by atoms with Crippen molar-refractivity contribution >= 4 is 0 Å². The molecular weight excluding hydrogens is 226 g/mol. The summed E-state index contributed by atoms with van der Waals surface area (Å²) < 4.78 is 1.61. The fraction of sp³-hybridized carbons (Fsp3) is 0.714. The van der Waals surface area contributed by atoms with Crippen LogP contribution in [0.15, 0.2) is 16.9 Å². The Hall–Kier alpha value is -1.16. The minimum absolute atomic E-state index is 0.00139. The lowest BCUT2D eigenvalue weighted by molar-refractivity contribution is 0.311. The molecule has 1 aliphatic rings. The number of rotatable bonds is 5. The Morgan fingerprint density at radius 3 is 2.83 bits per heavy atom. The van der Waals surface area contributed by atoms with Crippen LogP contribution in [-0.2, 0) is 6.54 Å². The molecule has 2 rings (SSSR count). The van der Waals surface area contributed by atoms with Crippen LogP contribution in [0.1, 0.15) is 38.3 Å². The van der Waals surface area contributed by atoms with E-state index in [9.17, 15) is 4.79 Å². The number of hydrogen-bond donors (Lipinski definition) is 1. The third-order valence-corrected chi connectivity index (χ3v) is 3.80. The van der Waals surface area contributed by atoms with E-state index in [0.717, 1.165) is 12.2 Å². The number of hydrogen-bond acceptors (Lipinski definition) is 3. The molecule has 18 heavy (non-hydrogen) atoms. The molecule has 100 valence electrons. The van der Waals surface area contributed by atoms with Gasteiger partial charge in [-0.25, -0.2) is 4.68 Å². The van der Waals surface area contributed by atoms with Gasteiger partial charge in [0.1, 0.15) is 0 Å². The van der Waals surface area contributed by atoms with Gasteiger partial charge in [0.15, 0.2) is 0 Å². The Bertz CT molecular complexity index is 435. The van der Waals surface area contributed by atoms with Crippen LogP contribution in [0.2, 0.25) is 0 Å². The average molecular weight is 249 g/mol. The van der Waals surface area contributed by atoms with E-state index in [1.165, 1.54) is 25.7 Å². The SMILES string of the molecule is CCNC(Cn1nc(C)ccc1=O)C1CCCC1. The van der Waals surface area contributed by atoms with Crippen LogP contribution in [0, 0.1) is 12.8 Å². The molecule has 1 atom stereocenters. The van der Waals surface area contributed by atoms with Crippen molar-refractivity contribution in [2.75, 3.05) is 6.54 Å². The molecular formula is C14H23N3O. The van der Waals surface area contributed by atoms with Gasteiger partial charge in [0.05, 0.1) is 12.2 Å². The van der Waals surface area contributed by atoms with Crippen molar-refractivity contribution < 1.29 is 0 Å². The smallest absolute Gasteiger partial charge is 0.266 e. The van der Waals surface area contributed by atoms with Crippen LogP contribution in [0.25, 0.3) is 0 Å². The number of nitrogens with one attached hydrogen (secondary N) is 1. The van der Waals surface area contributed by atoms with E-state index >= 15 is 0 Å². The van der Waals surface area contributed by atoms with E-state index in [1.807, 2.05) is 6.92 Å². The second-order valence-corrected chi connectivity index (χ2v) is 5.20. The Morgan fingerprint density at radius 2 is 2.17 bits per heavy atom. The maximum absolute atomic E-state index is 11.8. The van der Waals surface area contributed by atoms with E-state index in [0.29, 0.717) is 18.5 Å². The number of likely N-dealkylation sites (N-methyl/N-ethyl adjacent to an activating group) is 1. The molecule has 0 spiro atoms. The molecule has 1 fully saturated rings. The molecule has 1 unspecified atom stereocenters. The van der Waals surface area contributed by atoms with Gasteiger partial charge in [-0.2, -0.15) is 5.10 Å². The van der Waals surface area contributed by atoms with Crippen LogP contribution >= 0.6 is 0 Å². The summed E-state index contributed by atoms with van der Waals surface area (Å²) in [5, 5.41) is 7.85. The van der Waals surface area contributed by atoms with Gasteiger partial charge in [0, 0.05) is 12.1 Å². The summed E-state index contributed by atoms with van der Waals surface area (Å²) in [6.07, 6.45) is 5.20. The zero-order valence-corrected chi connectivity index (χ0v) is 11.4. The quantitative estimate of drug-likeness (QED) is 0.864. The maximum Gasteiger partial charge on any atom is 0.266 e. The second-order valence-electron chi connectivity index (χ2n) is 5.20. The molecule has 0 saturated heterocycles. The summed E-state index contributed by atoms with van der Waals surface area (Å²) >= 11 is 0. The van der Waals surface area contributed by atoms with E-state index in [2.05, 4.69) is 17.3 Å². The molecule has 0 amide bonds. The normalized spacial score (nSPS) is 18.1. The van der Waals surface area contributed by atoms with Gasteiger partial charge in [0.2, 0.25) is 0 Å². The fourth-order valence-corrected chi connectivity index (χ4v) is 2.87. The highest BCUT2D eigenvalue weighted by Gasteiger charge is 2.25. The molecule has 1 N–H and O–H groups in total. The predicted octanol–water partition coefficient (Wildman–Crippen LogP) is 1.72. The third-order valence-electron chi connectivity index (χ3n) is 3.80. The largest absolute Gasteiger partial charge is 0.312 e. The third kappa shape index (κ3) is 3.19. The lowest BCUT2D eigenvalue weighted by Gasteiger charge is -2.24. The van der Waals surface area contributed by atoms with Crippen molar-refractivity contribution in [3.8, 4) is 0 Å². The highest BCUT2D eigenvalue weighted by Crippen LogP contribution is 2.28. The first kappa shape index (κ1) is 13.3. The summed E-state index contributed by atoms with van der Waals surface area (Å²) in [6, 6.07) is 3.76. The van der Waals surface area contributed by atoms with Crippen molar-refractivity contribution in [1.29, 1.82) is 0 Å². The molecule has 4 heteroatoms. The molecule has 0 radical (unpaired) electrons. The van der Waals surface area contributed by atoms with E-state index in [-0.39, 0.29) is 5.56 Å². The minimum Gasteiger partial charge on any atom is -0.312 e. The van der Waals surface area contributed by atoms with Gasteiger partial charge in [-0.1, -0.05) is 19.8 Å². The molecule has 1 aliphatic carbocycles. The highest BCUT2D eigenvalue weighted by molar-refractivity contribution is 4.97. The molecule has 4 nitrogen and oxygen atoms in total. The maximum atomic E-state index is 11.8. The van der Waals surface area contributed by atoms with Crippen LogP contribution in [0.5, 0.6) is 0 Å². The standard InChI is InChI=1S/C14H23N3O/c1-3-15-13(12-6-4-5-7-12)10-17-14(18)9-8-11(2)16-17/h8-9,12-13,15H,3-7,10H2,1-2H3. The Balaban J connectivity index is 2.12. The molecule has 1 aromatic heterocycles. The molecule has 1 saturated carbocycles. The number of nitrogens with zero attached hydrogens (tertiary/aromatic N) is 2. The van der Waals surface area contributed by atoms with Crippen LogP contribution in [-0.4, -0.2) is 22.4 Å². The summed E-state index contributed by atoms with van der Waals surface area (Å²) in [5.41, 5.74) is 0.901. The van der Waals surface area contributed by atoms with Crippen LogP contribution < -0.4 is 10.9 Å². The monoisotopic (exact) mass is 249 g/mol. The average Bonchev–Trinajstić information content (AvgIpc) is 2.87. The number of aromatic nitrogens is 2. The van der Waals surface area contributed by atoms with E-state index < -0.39 is 0 Å². The lowest BCUT2D eigenvalue weighted by atomic mass is 9.98. The van der Waals surface area contributed by atoms with Gasteiger partial charge >= 0.3 is 0 Å². The minimum atomic E-state index is 0.00139. The van der Waals surface area contributed by atoms with Crippen LogP contribution in [0.3, 0.4) is 0 Å². The van der Waals surface area contributed by atoms with Gasteiger partial charge in [-0.3, -0.25) is 4.79 Å². The van der Waals surface area contributed by atoms with Crippen LogP contribution in [0.4, 0.5) is 0 Å². The zero-order valence-electron chi connectivity index (χ0n) is 11.4. The molecule has 0 bridgehead atoms. The second kappa shape index (κ2) is 6.14. The molecule has 1 aromatic rings. The summed E-state index contributed by atoms with van der Waals surface area (Å²) in [4.78, 5) is 11.8. The Labute approximate surface area is 108 Å². The topological polar surface area (TPSA) is 46.9 Å². The van der Waals surface area contributed by atoms with Crippen molar-refractivity contribution in [3.63, 3.8) is 0 Å².